The first-order valence-electron chi connectivity index (χ1n) is 10.3. The van der Waals surface area contributed by atoms with E-state index in [1.165, 1.54) is 19.1 Å². The van der Waals surface area contributed by atoms with Crippen molar-refractivity contribution in [3.63, 3.8) is 0 Å². The monoisotopic (exact) mass is 440 g/mol. The summed E-state index contributed by atoms with van der Waals surface area (Å²) in [6, 6.07) is 9.47. The lowest BCUT2D eigenvalue weighted by molar-refractivity contribution is -0.144. The summed E-state index contributed by atoms with van der Waals surface area (Å²) in [6.45, 7) is 2.43. The quantitative estimate of drug-likeness (QED) is 0.660. The molecule has 1 N–H and O–H groups in total. The van der Waals surface area contributed by atoms with Crippen LogP contribution in [0.2, 0.25) is 0 Å². The van der Waals surface area contributed by atoms with Crippen LogP contribution >= 0.6 is 0 Å². The fourth-order valence-corrected chi connectivity index (χ4v) is 4.07. The fourth-order valence-electron chi connectivity index (χ4n) is 4.07. The molecule has 1 saturated heterocycles. The number of fused-ring (bicyclic) bond motifs is 1. The summed E-state index contributed by atoms with van der Waals surface area (Å²) in [6.07, 6.45) is -0.514. The number of carbonyl (C=O) groups excluding carboxylic acids is 3. The molecule has 2 aromatic rings. The number of benzene rings is 2. The minimum Gasteiger partial charge on any atom is -0.494 e. The van der Waals surface area contributed by atoms with Gasteiger partial charge in [0.05, 0.1) is 20.8 Å². The second-order valence-electron chi connectivity index (χ2n) is 7.33. The van der Waals surface area contributed by atoms with Crippen molar-refractivity contribution in [1.29, 1.82) is 0 Å². The van der Waals surface area contributed by atoms with E-state index in [1.54, 1.807) is 36.4 Å². The van der Waals surface area contributed by atoms with E-state index < -0.39 is 18.2 Å². The maximum Gasteiger partial charge on any atom is 0.344 e. The highest BCUT2D eigenvalue weighted by Crippen LogP contribution is 2.45. The molecule has 2 atom stereocenters. The predicted octanol–water partition coefficient (Wildman–Crippen LogP) is 2.90. The lowest BCUT2D eigenvalue weighted by Crippen LogP contribution is -2.43. The Hall–Kier alpha value is -3.75. The van der Waals surface area contributed by atoms with Gasteiger partial charge in [-0.3, -0.25) is 14.5 Å². The molecule has 9 heteroatoms. The number of amides is 2. The molecule has 0 saturated carbocycles. The summed E-state index contributed by atoms with van der Waals surface area (Å²) in [4.78, 5) is 39.7. The number of cyclic esters (lactones) is 1. The number of nitrogens with one attached hydrogen (secondary N) is 1. The zero-order valence-corrected chi connectivity index (χ0v) is 18.0. The van der Waals surface area contributed by atoms with Gasteiger partial charge in [0.25, 0.3) is 0 Å². The van der Waals surface area contributed by atoms with Crippen molar-refractivity contribution >= 4 is 23.5 Å². The van der Waals surface area contributed by atoms with Crippen LogP contribution in [0, 0.1) is 0 Å². The van der Waals surface area contributed by atoms with Gasteiger partial charge in [-0.2, -0.15) is 0 Å². The van der Waals surface area contributed by atoms with E-state index in [0.29, 0.717) is 35.8 Å². The van der Waals surface area contributed by atoms with Crippen molar-refractivity contribution in [1.82, 2.24) is 4.90 Å². The highest BCUT2D eigenvalue weighted by molar-refractivity contribution is 6.01. The molecular weight excluding hydrogens is 416 g/mol. The first-order valence-corrected chi connectivity index (χ1v) is 10.3. The highest BCUT2D eigenvalue weighted by Gasteiger charge is 2.47. The van der Waals surface area contributed by atoms with Gasteiger partial charge >= 0.3 is 5.97 Å². The van der Waals surface area contributed by atoms with Crippen molar-refractivity contribution in [3.05, 3.63) is 47.5 Å². The van der Waals surface area contributed by atoms with Gasteiger partial charge in [0.1, 0.15) is 17.4 Å². The lowest BCUT2D eigenvalue weighted by Gasteiger charge is -2.29. The summed E-state index contributed by atoms with van der Waals surface area (Å²) < 4.78 is 21.5. The first kappa shape index (κ1) is 21.5. The van der Waals surface area contributed by atoms with Gasteiger partial charge < -0.3 is 24.3 Å². The number of likely N-dealkylation sites (tertiary alicyclic amines) is 1. The number of esters is 1. The van der Waals surface area contributed by atoms with E-state index in [4.69, 9.17) is 18.9 Å². The van der Waals surface area contributed by atoms with Gasteiger partial charge in [0.2, 0.25) is 18.0 Å². The van der Waals surface area contributed by atoms with Crippen LogP contribution in [0.4, 0.5) is 5.69 Å². The molecule has 0 bridgehead atoms. The smallest absolute Gasteiger partial charge is 0.344 e. The van der Waals surface area contributed by atoms with E-state index in [0.717, 1.165) is 0 Å². The van der Waals surface area contributed by atoms with E-state index in [9.17, 15) is 14.4 Å². The molecule has 0 aromatic heterocycles. The summed E-state index contributed by atoms with van der Waals surface area (Å²) in [5, 5.41) is 2.83. The molecule has 168 valence electrons. The van der Waals surface area contributed by atoms with Crippen LogP contribution < -0.4 is 19.5 Å². The van der Waals surface area contributed by atoms with Crippen molar-refractivity contribution in [2.45, 2.75) is 32.0 Å². The number of carbonyl (C=O) groups is 3. The molecule has 0 spiro atoms. The van der Waals surface area contributed by atoms with Gasteiger partial charge in [-0.25, -0.2) is 4.79 Å². The van der Waals surface area contributed by atoms with Gasteiger partial charge in [-0.1, -0.05) is 0 Å². The van der Waals surface area contributed by atoms with E-state index >= 15 is 0 Å². The van der Waals surface area contributed by atoms with Crippen molar-refractivity contribution < 1.29 is 33.3 Å². The zero-order valence-electron chi connectivity index (χ0n) is 18.0. The highest BCUT2D eigenvalue weighted by atomic mass is 16.6. The molecule has 0 unspecified atom stereocenters. The Labute approximate surface area is 185 Å². The van der Waals surface area contributed by atoms with Crippen LogP contribution in [0.3, 0.4) is 0 Å². The average Bonchev–Trinajstić information content (AvgIpc) is 3.34. The molecule has 2 aliphatic heterocycles. The lowest BCUT2D eigenvalue weighted by atomic mass is 10.1. The van der Waals surface area contributed by atoms with E-state index in [1.807, 2.05) is 6.92 Å². The van der Waals surface area contributed by atoms with Gasteiger partial charge in [-0.15, -0.1) is 0 Å². The van der Waals surface area contributed by atoms with E-state index in [-0.39, 0.29) is 29.5 Å². The number of hydrogen-bond acceptors (Lipinski definition) is 7. The third-order valence-corrected chi connectivity index (χ3v) is 5.51. The summed E-state index contributed by atoms with van der Waals surface area (Å²) in [5.74, 6) is 0.0522. The Morgan fingerprint density at radius 2 is 1.88 bits per heavy atom. The molecular formula is C23H24N2O7. The van der Waals surface area contributed by atoms with Crippen LogP contribution in [-0.2, 0) is 14.3 Å². The topological polar surface area (TPSA) is 103 Å². The molecule has 32 heavy (non-hydrogen) atoms. The second kappa shape index (κ2) is 8.78. The summed E-state index contributed by atoms with van der Waals surface area (Å²) in [7, 11) is 2.89. The second-order valence-corrected chi connectivity index (χ2v) is 7.33. The number of anilines is 1. The Kier molecular flexibility index (Phi) is 5.89. The van der Waals surface area contributed by atoms with Crippen LogP contribution in [0.15, 0.2) is 36.4 Å². The molecule has 2 aromatic carbocycles. The Bertz CT molecular complexity index is 1050. The predicted molar refractivity (Wildman–Crippen MR) is 114 cm³/mol. The van der Waals surface area contributed by atoms with Crippen LogP contribution in [0.25, 0.3) is 0 Å². The molecule has 2 heterocycles. The minimum atomic E-state index is -1.01. The molecule has 2 aliphatic rings. The zero-order chi connectivity index (χ0) is 22.8. The summed E-state index contributed by atoms with van der Waals surface area (Å²) in [5.41, 5.74) is 1.23. The Morgan fingerprint density at radius 3 is 2.53 bits per heavy atom. The number of nitrogens with zero attached hydrogens (tertiary/aromatic N) is 1. The van der Waals surface area contributed by atoms with E-state index in [2.05, 4.69) is 5.32 Å². The average molecular weight is 440 g/mol. The first-order chi connectivity index (χ1) is 15.5. The van der Waals surface area contributed by atoms with Gasteiger partial charge in [-0.05, 0) is 49.7 Å². The Balaban J connectivity index is 1.59. The minimum absolute atomic E-state index is 0.179. The third kappa shape index (κ3) is 3.70. The molecule has 0 aliphatic carbocycles. The van der Waals surface area contributed by atoms with Crippen LogP contribution in [0.1, 0.15) is 41.9 Å². The van der Waals surface area contributed by atoms with Crippen molar-refractivity contribution in [2.24, 2.45) is 0 Å². The van der Waals surface area contributed by atoms with Crippen molar-refractivity contribution in [3.8, 4) is 17.2 Å². The fraction of sp³-hybridized carbons (Fsp3) is 0.348. The number of ether oxygens (including phenoxy) is 4. The largest absolute Gasteiger partial charge is 0.494 e. The Morgan fingerprint density at radius 1 is 1.12 bits per heavy atom. The SMILES string of the molecule is CCOc1ccc(NC(=O)[C@@H]2CCC(=O)N2[C@@H]2OC(=O)c3c2ccc(OC)c3OC)cc1. The third-order valence-electron chi connectivity index (χ3n) is 5.51. The molecule has 1 fully saturated rings. The summed E-state index contributed by atoms with van der Waals surface area (Å²) >= 11 is 0. The van der Waals surface area contributed by atoms with Crippen molar-refractivity contribution in [2.75, 3.05) is 26.1 Å². The normalized spacial score (nSPS) is 19.4. The van der Waals surface area contributed by atoms with Gasteiger partial charge in [0, 0.05) is 17.7 Å². The molecule has 9 nitrogen and oxygen atoms in total. The number of hydrogen-bond donors (Lipinski definition) is 1. The maximum absolute atomic E-state index is 13.0. The number of rotatable bonds is 7. The number of methoxy groups -OCH3 is 2. The van der Waals surface area contributed by atoms with Crippen LogP contribution in [0.5, 0.6) is 17.2 Å². The standard InChI is InChI=1S/C23H24N2O7/c1-4-31-14-7-5-13(6-8-14)24-21(27)16-10-12-18(26)25(16)22-15-9-11-17(29-2)20(30-3)19(15)23(28)32-22/h5-9,11,16,22H,4,10,12H2,1-3H3,(H,24,27)/t16-,22+/m0/s1. The molecule has 4 rings (SSSR count). The molecule has 2 amide bonds. The van der Waals surface area contributed by atoms with Gasteiger partial charge in [0.15, 0.2) is 11.5 Å². The van der Waals surface area contributed by atoms with Crippen LogP contribution in [-0.4, -0.2) is 49.6 Å². The molecule has 0 radical (unpaired) electrons. The maximum atomic E-state index is 13.0.